The Labute approximate surface area is 105 Å². The highest BCUT2D eigenvalue weighted by atomic mass is 19.4. The number of halogens is 3. The van der Waals surface area contributed by atoms with E-state index in [4.69, 9.17) is 5.11 Å². The molecule has 0 aromatic heterocycles. The van der Waals surface area contributed by atoms with Gasteiger partial charge in [0.05, 0.1) is 0 Å². The Morgan fingerprint density at radius 3 is 2.39 bits per heavy atom. The SMILES string of the molecule is CCCNC(C)(CCOC(C)C(F)(F)F)C(=O)O. The fourth-order valence-corrected chi connectivity index (χ4v) is 1.21. The number of hydrogen-bond donors (Lipinski definition) is 2. The Bertz CT molecular complexity index is 271. The van der Waals surface area contributed by atoms with Gasteiger partial charge < -0.3 is 15.2 Å². The second-order valence-electron chi connectivity index (χ2n) is 4.37. The van der Waals surface area contributed by atoms with Crippen LogP contribution in [0.2, 0.25) is 0 Å². The summed E-state index contributed by atoms with van der Waals surface area (Å²) >= 11 is 0. The van der Waals surface area contributed by atoms with Crippen molar-refractivity contribution < 1.29 is 27.8 Å². The summed E-state index contributed by atoms with van der Waals surface area (Å²) in [6.45, 7) is 4.43. The van der Waals surface area contributed by atoms with Gasteiger partial charge >= 0.3 is 12.1 Å². The van der Waals surface area contributed by atoms with Crippen LogP contribution in [0.5, 0.6) is 0 Å². The lowest BCUT2D eigenvalue weighted by Gasteiger charge is -2.27. The molecule has 0 aliphatic carbocycles. The van der Waals surface area contributed by atoms with Crippen LogP contribution in [0.4, 0.5) is 13.2 Å². The van der Waals surface area contributed by atoms with Gasteiger partial charge in [-0.3, -0.25) is 4.79 Å². The van der Waals surface area contributed by atoms with Gasteiger partial charge in [-0.2, -0.15) is 13.2 Å². The zero-order chi connectivity index (χ0) is 14.4. The molecule has 4 nitrogen and oxygen atoms in total. The average molecular weight is 271 g/mol. The van der Waals surface area contributed by atoms with E-state index in [0.29, 0.717) is 6.54 Å². The van der Waals surface area contributed by atoms with Crippen LogP contribution in [0.15, 0.2) is 0 Å². The van der Waals surface area contributed by atoms with Crippen molar-refractivity contribution in [2.45, 2.75) is 51.4 Å². The molecule has 2 N–H and O–H groups in total. The topological polar surface area (TPSA) is 58.6 Å². The number of carboxylic acid groups (broad SMARTS) is 1. The fraction of sp³-hybridized carbons (Fsp3) is 0.909. The highest BCUT2D eigenvalue weighted by Crippen LogP contribution is 2.23. The lowest BCUT2D eigenvalue weighted by atomic mass is 9.98. The van der Waals surface area contributed by atoms with Gasteiger partial charge in [0.1, 0.15) is 5.54 Å². The summed E-state index contributed by atoms with van der Waals surface area (Å²) in [6.07, 6.45) is -5.59. The molecule has 0 aromatic carbocycles. The Hall–Kier alpha value is -0.820. The molecule has 2 atom stereocenters. The number of alkyl halides is 3. The molecule has 0 radical (unpaired) electrons. The Balaban J connectivity index is 4.25. The molecule has 0 aromatic rings. The summed E-state index contributed by atoms with van der Waals surface area (Å²) in [6, 6.07) is 0. The molecule has 0 saturated carbocycles. The minimum atomic E-state index is -4.42. The van der Waals surface area contributed by atoms with E-state index in [2.05, 4.69) is 10.1 Å². The van der Waals surface area contributed by atoms with E-state index in [1.54, 1.807) is 0 Å². The molecule has 0 rings (SSSR count). The Kier molecular flexibility index (Phi) is 6.62. The van der Waals surface area contributed by atoms with Gasteiger partial charge in [-0.15, -0.1) is 0 Å². The van der Waals surface area contributed by atoms with Crippen molar-refractivity contribution in [2.24, 2.45) is 0 Å². The summed E-state index contributed by atoms with van der Waals surface area (Å²) in [5.74, 6) is -1.10. The van der Waals surface area contributed by atoms with Crippen molar-refractivity contribution >= 4 is 5.97 Å². The molecule has 0 aliphatic heterocycles. The van der Waals surface area contributed by atoms with Gasteiger partial charge in [-0.25, -0.2) is 0 Å². The van der Waals surface area contributed by atoms with E-state index in [-0.39, 0.29) is 13.0 Å². The zero-order valence-electron chi connectivity index (χ0n) is 10.8. The minimum absolute atomic E-state index is 0.0250. The van der Waals surface area contributed by atoms with Gasteiger partial charge in [0.25, 0.3) is 0 Å². The van der Waals surface area contributed by atoms with Crippen molar-refractivity contribution in [3.05, 3.63) is 0 Å². The largest absolute Gasteiger partial charge is 0.480 e. The van der Waals surface area contributed by atoms with Crippen LogP contribution in [0, 0.1) is 0 Å². The van der Waals surface area contributed by atoms with Crippen LogP contribution < -0.4 is 5.32 Å². The first-order valence-corrected chi connectivity index (χ1v) is 5.80. The first-order chi connectivity index (χ1) is 8.13. The zero-order valence-corrected chi connectivity index (χ0v) is 10.8. The quantitative estimate of drug-likeness (QED) is 0.710. The Morgan fingerprint density at radius 1 is 1.44 bits per heavy atom. The summed E-state index contributed by atoms with van der Waals surface area (Å²) < 4.78 is 41.1. The van der Waals surface area contributed by atoms with Crippen LogP contribution >= 0.6 is 0 Å². The first kappa shape index (κ1) is 17.2. The van der Waals surface area contributed by atoms with E-state index in [0.717, 1.165) is 13.3 Å². The second kappa shape index (κ2) is 6.94. The number of carboxylic acids is 1. The first-order valence-electron chi connectivity index (χ1n) is 5.80. The van der Waals surface area contributed by atoms with Crippen LogP contribution in [-0.4, -0.2) is 42.0 Å². The monoisotopic (exact) mass is 271 g/mol. The number of carbonyl (C=O) groups is 1. The third-order valence-corrected chi connectivity index (χ3v) is 2.67. The summed E-state index contributed by atoms with van der Waals surface area (Å²) in [7, 11) is 0. The maximum Gasteiger partial charge on any atom is 0.414 e. The van der Waals surface area contributed by atoms with Gasteiger partial charge in [0, 0.05) is 6.61 Å². The molecule has 0 bridgehead atoms. The van der Waals surface area contributed by atoms with Gasteiger partial charge in [0.15, 0.2) is 6.10 Å². The molecule has 0 saturated heterocycles. The maximum atomic E-state index is 12.2. The average Bonchev–Trinajstić information content (AvgIpc) is 2.24. The van der Waals surface area contributed by atoms with Gasteiger partial charge in [-0.05, 0) is 33.2 Å². The number of ether oxygens (including phenoxy) is 1. The van der Waals surface area contributed by atoms with Crippen LogP contribution in [0.3, 0.4) is 0 Å². The smallest absolute Gasteiger partial charge is 0.414 e. The predicted molar refractivity (Wildman–Crippen MR) is 60.4 cm³/mol. The molecule has 108 valence electrons. The molecular formula is C11H20F3NO3. The van der Waals surface area contributed by atoms with E-state index in [1.165, 1.54) is 6.92 Å². The van der Waals surface area contributed by atoms with Crippen LogP contribution in [-0.2, 0) is 9.53 Å². The van der Waals surface area contributed by atoms with Crippen molar-refractivity contribution in [1.29, 1.82) is 0 Å². The molecule has 0 heterocycles. The number of nitrogens with one attached hydrogen (secondary N) is 1. The predicted octanol–water partition coefficient (Wildman–Crippen LogP) is 2.19. The standard InChI is InChI=1S/C11H20F3NO3/c1-4-6-15-10(3,9(16)17)5-7-18-8(2)11(12,13)14/h8,15H,4-7H2,1-3H3,(H,16,17). The van der Waals surface area contributed by atoms with Crippen LogP contribution in [0.25, 0.3) is 0 Å². The molecular weight excluding hydrogens is 251 g/mol. The molecule has 7 heteroatoms. The van der Waals surface area contributed by atoms with E-state index < -0.39 is 23.8 Å². The normalized spacial score (nSPS) is 17.2. The summed E-state index contributed by atoms with van der Waals surface area (Å²) in [4.78, 5) is 11.1. The molecule has 0 fully saturated rings. The third-order valence-electron chi connectivity index (χ3n) is 2.67. The highest BCUT2D eigenvalue weighted by Gasteiger charge is 2.38. The second-order valence-corrected chi connectivity index (χ2v) is 4.37. The lowest BCUT2D eigenvalue weighted by Crippen LogP contribution is -2.50. The number of hydrogen-bond acceptors (Lipinski definition) is 3. The molecule has 18 heavy (non-hydrogen) atoms. The highest BCUT2D eigenvalue weighted by molar-refractivity contribution is 5.78. The summed E-state index contributed by atoms with van der Waals surface area (Å²) in [5.41, 5.74) is -1.26. The molecule has 0 aliphatic rings. The van der Waals surface area contributed by atoms with Crippen molar-refractivity contribution in [3.8, 4) is 0 Å². The van der Waals surface area contributed by atoms with Gasteiger partial charge in [-0.1, -0.05) is 6.92 Å². The van der Waals surface area contributed by atoms with E-state index >= 15 is 0 Å². The van der Waals surface area contributed by atoms with E-state index in [1.807, 2.05) is 6.92 Å². The van der Waals surface area contributed by atoms with Crippen LogP contribution in [0.1, 0.15) is 33.6 Å². The molecule has 0 amide bonds. The number of aliphatic carboxylic acids is 1. The molecule has 2 unspecified atom stereocenters. The van der Waals surface area contributed by atoms with Crippen molar-refractivity contribution in [1.82, 2.24) is 5.32 Å². The number of rotatable bonds is 8. The van der Waals surface area contributed by atoms with Crippen molar-refractivity contribution in [3.63, 3.8) is 0 Å². The molecule has 0 spiro atoms. The maximum absolute atomic E-state index is 12.2. The minimum Gasteiger partial charge on any atom is -0.480 e. The lowest BCUT2D eigenvalue weighted by molar-refractivity contribution is -0.215. The fourth-order valence-electron chi connectivity index (χ4n) is 1.21. The van der Waals surface area contributed by atoms with E-state index in [9.17, 15) is 18.0 Å². The Morgan fingerprint density at radius 2 is 2.00 bits per heavy atom. The third kappa shape index (κ3) is 5.68. The van der Waals surface area contributed by atoms with Crippen molar-refractivity contribution in [2.75, 3.05) is 13.2 Å². The van der Waals surface area contributed by atoms with Gasteiger partial charge in [0.2, 0.25) is 0 Å². The summed E-state index contributed by atoms with van der Waals surface area (Å²) in [5, 5.41) is 11.8.